The lowest BCUT2D eigenvalue weighted by Gasteiger charge is -2.11. The SMILES string of the molecule is Cc1ccc(CNC2(C)CC2)cc1F. The first-order valence-corrected chi connectivity index (χ1v) is 5.09. The molecule has 0 heterocycles. The van der Waals surface area contributed by atoms with E-state index in [1.807, 2.05) is 12.1 Å². The van der Waals surface area contributed by atoms with E-state index in [2.05, 4.69) is 12.2 Å². The molecule has 0 spiro atoms. The largest absolute Gasteiger partial charge is 0.307 e. The van der Waals surface area contributed by atoms with E-state index in [0.717, 1.165) is 12.1 Å². The molecule has 1 aliphatic rings. The van der Waals surface area contributed by atoms with Crippen LogP contribution in [-0.2, 0) is 6.54 Å². The zero-order valence-corrected chi connectivity index (χ0v) is 8.73. The normalized spacial score (nSPS) is 18.2. The van der Waals surface area contributed by atoms with Crippen molar-refractivity contribution in [2.75, 3.05) is 0 Å². The molecule has 0 aromatic heterocycles. The lowest BCUT2D eigenvalue weighted by Crippen LogP contribution is -2.26. The first kappa shape index (κ1) is 9.66. The number of hydrogen-bond donors (Lipinski definition) is 1. The summed E-state index contributed by atoms with van der Waals surface area (Å²) in [5.41, 5.74) is 2.06. The highest BCUT2D eigenvalue weighted by molar-refractivity contribution is 5.23. The number of benzene rings is 1. The molecule has 1 aromatic carbocycles. The summed E-state index contributed by atoms with van der Waals surface area (Å²) in [6.45, 7) is 4.76. The van der Waals surface area contributed by atoms with Gasteiger partial charge in [-0.05, 0) is 43.9 Å². The summed E-state index contributed by atoms with van der Waals surface area (Å²) in [5.74, 6) is -0.106. The van der Waals surface area contributed by atoms with Crippen LogP contribution < -0.4 is 5.32 Å². The van der Waals surface area contributed by atoms with Crippen LogP contribution in [0, 0.1) is 12.7 Å². The zero-order chi connectivity index (χ0) is 10.2. The number of rotatable bonds is 3. The molecule has 1 N–H and O–H groups in total. The van der Waals surface area contributed by atoms with Crippen molar-refractivity contribution in [3.05, 3.63) is 35.1 Å². The van der Waals surface area contributed by atoms with Gasteiger partial charge in [-0.2, -0.15) is 0 Å². The summed E-state index contributed by atoms with van der Waals surface area (Å²) in [7, 11) is 0. The Kier molecular flexibility index (Phi) is 2.31. The van der Waals surface area contributed by atoms with Gasteiger partial charge in [-0.25, -0.2) is 4.39 Å². The van der Waals surface area contributed by atoms with E-state index in [-0.39, 0.29) is 5.82 Å². The van der Waals surface area contributed by atoms with Gasteiger partial charge in [0, 0.05) is 12.1 Å². The molecule has 14 heavy (non-hydrogen) atoms. The number of hydrogen-bond acceptors (Lipinski definition) is 1. The first-order valence-electron chi connectivity index (χ1n) is 5.09. The fourth-order valence-corrected chi connectivity index (χ4v) is 1.43. The van der Waals surface area contributed by atoms with Crippen molar-refractivity contribution in [1.29, 1.82) is 0 Å². The molecule has 1 nitrogen and oxygen atoms in total. The van der Waals surface area contributed by atoms with Crippen LogP contribution >= 0.6 is 0 Å². The van der Waals surface area contributed by atoms with Crippen molar-refractivity contribution in [3.63, 3.8) is 0 Å². The van der Waals surface area contributed by atoms with E-state index in [4.69, 9.17) is 0 Å². The average molecular weight is 193 g/mol. The van der Waals surface area contributed by atoms with E-state index < -0.39 is 0 Å². The minimum Gasteiger partial charge on any atom is -0.307 e. The second kappa shape index (κ2) is 3.35. The molecule has 0 radical (unpaired) electrons. The monoisotopic (exact) mass is 193 g/mol. The molecule has 0 aliphatic heterocycles. The lowest BCUT2D eigenvalue weighted by molar-refractivity contribution is 0.534. The minimum atomic E-state index is -0.106. The van der Waals surface area contributed by atoms with Crippen LogP contribution in [0.25, 0.3) is 0 Å². The second-order valence-electron chi connectivity index (χ2n) is 4.50. The molecule has 2 heteroatoms. The van der Waals surface area contributed by atoms with Gasteiger partial charge in [-0.15, -0.1) is 0 Å². The highest BCUT2D eigenvalue weighted by Crippen LogP contribution is 2.34. The number of aryl methyl sites for hydroxylation is 1. The Morgan fingerprint density at radius 3 is 2.71 bits per heavy atom. The van der Waals surface area contributed by atoms with Crippen LogP contribution in [0.1, 0.15) is 30.9 Å². The van der Waals surface area contributed by atoms with Crippen LogP contribution in [0.5, 0.6) is 0 Å². The number of halogens is 1. The van der Waals surface area contributed by atoms with E-state index in [9.17, 15) is 4.39 Å². The van der Waals surface area contributed by atoms with Gasteiger partial charge in [0.05, 0.1) is 0 Å². The third-order valence-electron chi connectivity index (χ3n) is 2.96. The van der Waals surface area contributed by atoms with E-state index in [1.165, 1.54) is 12.8 Å². The van der Waals surface area contributed by atoms with E-state index in [0.29, 0.717) is 11.1 Å². The molecule has 1 aromatic rings. The molecule has 1 saturated carbocycles. The Morgan fingerprint density at radius 1 is 1.43 bits per heavy atom. The average Bonchev–Trinajstić information content (AvgIpc) is 2.87. The maximum atomic E-state index is 13.2. The maximum Gasteiger partial charge on any atom is 0.126 e. The highest BCUT2D eigenvalue weighted by atomic mass is 19.1. The molecule has 76 valence electrons. The topological polar surface area (TPSA) is 12.0 Å². The highest BCUT2D eigenvalue weighted by Gasteiger charge is 2.36. The number of nitrogens with one attached hydrogen (secondary N) is 1. The molecule has 0 saturated heterocycles. The summed E-state index contributed by atoms with van der Waals surface area (Å²) >= 11 is 0. The molecule has 2 rings (SSSR count). The Labute approximate surface area is 84.3 Å². The standard InChI is InChI=1S/C12H16FN/c1-9-3-4-10(7-11(9)13)8-14-12(2)5-6-12/h3-4,7,14H,5-6,8H2,1-2H3. The Morgan fingerprint density at radius 2 is 2.14 bits per heavy atom. The van der Waals surface area contributed by atoms with Crippen LogP contribution in [0.15, 0.2) is 18.2 Å². The predicted molar refractivity (Wildman–Crippen MR) is 55.6 cm³/mol. The van der Waals surface area contributed by atoms with Crippen LogP contribution in [0.3, 0.4) is 0 Å². The van der Waals surface area contributed by atoms with Gasteiger partial charge >= 0.3 is 0 Å². The van der Waals surface area contributed by atoms with Crippen LogP contribution in [0.2, 0.25) is 0 Å². The van der Waals surface area contributed by atoms with Crippen molar-refractivity contribution >= 4 is 0 Å². The molecular formula is C12H16FN. The summed E-state index contributed by atoms with van der Waals surface area (Å²) < 4.78 is 13.2. The summed E-state index contributed by atoms with van der Waals surface area (Å²) in [6, 6.07) is 5.44. The first-order chi connectivity index (χ1) is 6.59. The molecule has 0 atom stereocenters. The third-order valence-corrected chi connectivity index (χ3v) is 2.96. The van der Waals surface area contributed by atoms with Gasteiger partial charge in [0.15, 0.2) is 0 Å². The lowest BCUT2D eigenvalue weighted by atomic mass is 10.1. The van der Waals surface area contributed by atoms with Crippen molar-refractivity contribution in [1.82, 2.24) is 5.32 Å². The Hall–Kier alpha value is -0.890. The van der Waals surface area contributed by atoms with Crippen molar-refractivity contribution < 1.29 is 4.39 Å². The summed E-state index contributed by atoms with van der Waals surface area (Å²) in [4.78, 5) is 0. The molecular weight excluding hydrogens is 177 g/mol. The predicted octanol–water partition coefficient (Wildman–Crippen LogP) is 2.78. The van der Waals surface area contributed by atoms with Gasteiger partial charge in [-0.1, -0.05) is 12.1 Å². The quantitative estimate of drug-likeness (QED) is 0.778. The maximum absolute atomic E-state index is 13.2. The zero-order valence-electron chi connectivity index (χ0n) is 8.73. The van der Waals surface area contributed by atoms with Crippen molar-refractivity contribution in [3.8, 4) is 0 Å². The van der Waals surface area contributed by atoms with Gasteiger partial charge in [0.1, 0.15) is 5.82 Å². The van der Waals surface area contributed by atoms with Crippen LogP contribution in [0.4, 0.5) is 4.39 Å². The molecule has 1 fully saturated rings. The van der Waals surface area contributed by atoms with Gasteiger partial charge in [0.2, 0.25) is 0 Å². The summed E-state index contributed by atoms with van der Waals surface area (Å²) in [6.07, 6.45) is 2.47. The van der Waals surface area contributed by atoms with Gasteiger partial charge < -0.3 is 5.32 Å². The Bertz CT molecular complexity index is 342. The van der Waals surface area contributed by atoms with Gasteiger partial charge in [0.25, 0.3) is 0 Å². The smallest absolute Gasteiger partial charge is 0.126 e. The van der Waals surface area contributed by atoms with Crippen LogP contribution in [-0.4, -0.2) is 5.54 Å². The molecule has 1 aliphatic carbocycles. The molecule has 0 bridgehead atoms. The minimum absolute atomic E-state index is 0.106. The fraction of sp³-hybridized carbons (Fsp3) is 0.500. The molecule has 0 unspecified atom stereocenters. The van der Waals surface area contributed by atoms with E-state index in [1.54, 1.807) is 13.0 Å². The van der Waals surface area contributed by atoms with Crippen molar-refractivity contribution in [2.24, 2.45) is 0 Å². The molecule has 0 amide bonds. The second-order valence-corrected chi connectivity index (χ2v) is 4.50. The fourth-order valence-electron chi connectivity index (χ4n) is 1.43. The third kappa shape index (κ3) is 2.13. The Balaban J connectivity index is 1.99. The summed E-state index contributed by atoms with van der Waals surface area (Å²) in [5, 5.41) is 3.43. The van der Waals surface area contributed by atoms with Gasteiger partial charge in [-0.3, -0.25) is 0 Å². The van der Waals surface area contributed by atoms with Crippen molar-refractivity contribution in [2.45, 2.75) is 38.8 Å². The van der Waals surface area contributed by atoms with E-state index >= 15 is 0 Å².